The van der Waals surface area contributed by atoms with Gasteiger partial charge in [0.2, 0.25) is 0 Å². The number of hydrogen-bond acceptors (Lipinski definition) is 1. The van der Waals surface area contributed by atoms with Gasteiger partial charge in [0.05, 0.1) is 22.1 Å². The van der Waals surface area contributed by atoms with E-state index in [0.717, 1.165) is 29.9 Å². The molecule has 2 heterocycles. The van der Waals surface area contributed by atoms with Crippen molar-refractivity contribution in [2.75, 3.05) is 4.90 Å². The average Bonchev–Trinajstić information content (AvgIpc) is 3.80. The van der Waals surface area contributed by atoms with E-state index in [4.69, 9.17) is 0 Å². The van der Waals surface area contributed by atoms with Gasteiger partial charge in [0.15, 0.2) is 0 Å². The van der Waals surface area contributed by atoms with Crippen LogP contribution in [0.2, 0.25) is 0 Å². The Morgan fingerprint density at radius 1 is 0.298 bits per heavy atom. The molecule has 0 fully saturated rings. The summed E-state index contributed by atoms with van der Waals surface area (Å²) in [6.07, 6.45) is 6.56. The second-order valence-electron chi connectivity index (χ2n) is 14.9. The monoisotopic (exact) mass is 729 g/mol. The van der Waals surface area contributed by atoms with E-state index in [9.17, 15) is 0 Å². The van der Waals surface area contributed by atoms with Gasteiger partial charge in [0, 0.05) is 50.0 Å². The highest BCUT2D eigenvalue weighted by Crippen LogP contribution is 2.42. The summed E-state index contributed by atoms with van der Waals surface area (Å²) in [7, 11) is 0. The van der Waals surface area contributed by atoms with E-state index >= 15 is 0 Å². The van der Waals surface area contributed by atoms with Gasteiger partial charge in [-0.25, -0.2) is 0 Å². The molecule has 0 radical (unpaired) electrons. The van der Waals surface area contributed by atoms with Crippen LogP contribution in [-0.2, 0) is 0 Å². The number of allylic oxidation sites excluding steroid dienone is 4. The number of rotatable bonds is 7. The fraction of sp³-hybridized carbons (Fsp3) is 0.0370. The third-order valence-corrected chi connectivity index (χ3v) is 11.6. The van der Waals surface area contributed by atoms with Crippen LogP contribution in [0.4, 0.5) is 17.1 Å². The number of fused-ring (bicyclic) bond motifs is 6. The van der Waals surface area contributed by atoms with Crippen LogP contribution >= 0.6 is 0 Å². The zero-order chi connectivity index (χ0) is 37.7. The van der Waals surface area contributed by atoms with Crippen LogP contribution in [0.15, 0.2) is 212 Å². The highest BCUT2D eigenvalue weighted by Gasteiger charge is 2.21. The van der Waals surface area contributed by atoms with Crippen LogP contribution in [0.1, 0.15) is 12.8 Å². The lowest BCUT2D eigenvalue weighted by atomic mass is 10.0. The normalized spacial score (nSPS) is 13.0. The Morgan fingerprint density at radius 3 is 1.09 bits per heavy atom. The number of aromatic nitrogens is 2. The largest absolute Gasteiger partial charge is 0.313 e. The van der Waals surface area contributed by atoms with Gasteiger partial charge in [-0.05, 0) is 102 Å². The van der Waals surface area contributed by atoms with Crippen LogP contribution in [-0.4, -0.2) is 9.13 Å². The first-order valence-corrected chi connectivity index (χ1v) is 19.8. The summed E-state index contributed by atoms with van der Waals surface area (Å²) >= 11 is 0. The molecule has 2 aromatic heterocycles. The van der Waals surface area contributed by atoms with Gasteiger partial charge >= 0.3 is 0 Å². The maximum atomic E-state index is 2.50. The third-order valence-electron chi connectivity index (χ3n) is 11.6. The van der Waals surface area contributed by atoms with Crippen molar-refractivity contribution in [1.29, 1.82) is 0 Å². The molecule has 0 saturated heterocycles. The van der Waals surface area contributed by atoms with Crippen molar-refractivity contribution >= 4 is 72.1 Å². The van der Waals surface area contributed by atoms with Crippen LogP contribution < -0.4 is 4.90 Å². The van der Waals surface area contributed by atoms with E-state index in [1.54, 1.807) is 0 Å². The molecule has 11 rings (SSSR count). The first-order valence-electron chi connectivity index (χ1n) is 19.8. The molecule has 1 aliphatic rings. The first-order chi connectivity index (χ1) is 28.3. The molecule has 10 aromatic rings. The molecule has 0 atom stereocenters. The fourth-order valence-corrected chi connectivity index (χ4v) is 8.94. The first kappa shape index (κ1) is 33.0. The second-order valence-corrected chi connectivity index (χ2v) is 14.9. The van der Waals surface area contributed by atoms with Crippen molar-refractivity contribution in [2.24, 2.45) is 0 Å². The highest BCUT2D eigenvalue weighted by molar-refractivity contribution is 6.12. The quantitative estimate of drug-likeness (QED) is 0.159. The average molecular weight is 730 g/mol. The molecule has 3 nitrogen and oxygen atoms in total. The van der Waals surface area contributed by atoms with E-state index < -0.39 is 0 Å². The molecule has 0 amide bonds. The molecule has 1 aliphatic carbocycles. The van der Waals surface area contributed by atoms with E-state index in [1.807, 2.05) is 0 Å². The maximum Gasteiger partial charge on any atom is 0.0558 e. The van der Waals surface area contributed by atoms with Crippen LogP contribution in [0.5, 0.6) is 0 Å². The predicted molar refractivity (Wildman–Crippen MR) is 242 cm³/mol. The van der Waals surface area contributed by atoms with Gasteiger partial charge in [-0.3, -0.25) is 0 Å². The molecule has 8 aromatic carbocycles. The van der Waals surface area contributed by atoms with Crippen molar-refractivity contribution < 1.29 is 0 Å². The van der Waals surface area contributed by atoms with E-state index in [-0.39, 0.29) is 0 Å². The van der Waals surface area contributed by atoms with E-state index in [0.29, 0.717) is 0 Å². The third kappa shape index (κ3) is 5.67. The van der Waals surface area contributed by atoms with Crippen molar-refractivity contribution in [3.8, 4) is 22.3 Å². The van der Waals surface area contributed by atoms with Crippen LogP contribution in [0.25, 0.3) is 77.3 Å². The van der Waals surface area contributed by atoms with E-state index in [2.05, 4.69) is 226 Å². The number of para-hydroxylation sites is 3. The zero-order valence-electron chi connectivity index (χ0n) is 31.5. The summed E-state index contributed by atoms with van der Waals surface area (Å²) in [5, 5.41) is 5.12. The number of anilines is 3. The molecule has 0 spiro atoms. The minimum absolute atomic E-state index is 0.927. The predicted octanol–water partition coefficient (Wildman–Crippen LogP) is 14.9. The lowest BCUT2D eigenvalue weighted by Crippen LogP contribution is -2.10. The van der Waals surface area contributed by atoms with Gasteiger partial charge < -0.3 is 14.0 Å². The maximum absolute atomic E-state index is 2.50. The summed E-state index contributed by atoms with van der Waals surface area (Å²) in [6, 6.07) is 72.5. The van der Waals surface area contributed by atoms with Gasteiger partial charge in [-0.15, -0.1) is 0 Å². The molecule has 0 bridgehead atoms. The summed E-state index contributed by atoms with van der Waals surface area (Å²) in [4.78, 5) is 2.39. The summed E-state index contributed by atoms with van der Waals surface area (Å²) < 4.78 is 4.97. The molecule has 3 heteroatoms. The summed E-state index contributed by atoms with van der Waals surface area (Å²) in [5.74, 6) is 0. The van der Waals surface area contributed by atoms with Crippen LogP contribution in [0, 0.1) is 0 Å². The minimum atomic E-state index is 0.927. The molecule has 57 heavy (non-hydrogen) atoms. The Labute approximate surface area is 332 Å². The second kappa shape index (κ2) is 13.7. The smallest absolute Gasteiger partial charge is 0.0558 e. The Bertz CT molecular complexity index is 3010. The zero-order valence-corrected chi connectivity index (χ0v) is 31.5. The van der Waals surface area contributed by atoms with Gasteiger partial charge in [-0.2, -0.15) is 0 Å². The van der Waals surface area contributed by atoms with E-state index in [1.165, 1.54) is 77.3 Å². The number of hydrogen-bond donors (Lipinski definition) is 0. The highest BCUT2D eigenvalue weighted by atomic mass is 15.1. The Morgan fingerprint density at radius 2 is 0.649 bits per heavy atom. The molecule has 0 N–H and O–H groups in total. The lowest BCUT2D eigenvalue weighted by Gasteiger charge is -2.26. The molecule has 0 aliphatic heterocycles. The molecule has 0 saturated carbocycles. The SMILES string of the molecule is C1=C(n2c3ccccc3c3ccccc32)CCC(n2c3ccccc3c3ccc(N(c4ccc(-c5ccccc5)cc4)c4ccc(-c5ccccc5)cc4)cc32)=C1. The van der Waals surface area contributed by atoms with Crippen molar-refractivity contribution in [3.05, 3.63) is 212 Å². The molecular weight excluding hydrogens is 691 g/mol. The van der Waals surface area contributed by atoms with Crippen molar-refractivity contribution in [1.82, 2.24) is 9.13 Å². The standard InChI is InChI=1S/C54H39N3/c1-3-13-38(14-4-1)40-23-27-42(28-24-40)55(43-29-25-41(26-30-43)39-15-5-2-6-16-39)46-35-36-50-49-19-9-12-22-53(49)57(54(50)37-46)45-33-31-44(32-34-45)56-51-20-10-7-17-47(51)48-18-8-11-21-52(48)56/h1-31,33,35-37H,32,34H2. The number of nitrogens with zero attached hydrogens (tertiary/aromatic N) is 3. The summed E-state index contributed by atoms with van der Waals surface area (Å²) in [6.45, 7) is 0. The van der Waals surface area contributed by atoms with Crippen LogP contribution in [0.3, 0.4) is 0 Å². The minimum Gasteiger partial charge on any atom is -0.313 e. The molecular formula is C54H39N3. The van der Waals surface area contributed by atoms with Gasteiger partial charge in [0.25, 0.3) is 0 Å². The Balaban J connectivity index is 1.05. The Kier molecular flexibility index (Phi) is 7.96. The molecule has 0 unspecified atom stereocenters. The fourth-order valence-electron chi connectivity index (χ4n) is 8.94. The van der Waals surface area contributed by atoms with Gasteiger partial charge in [0.1, 0.15) is 0 Å². The summed E-state index contributed by atoms with van der Waals surface area (Å²) in [5.41, 5.74) is 15.7. The number of benzene rings is 8. The van der Waals surface area contributed by atoms with Crippen molar-refractivity contribution in [2.45, 2.75) is 12.8 Å². The topological polar surface area (TPSA) is 13.1 Å². The van der Waals surface area contributed by atoms with Gasteiger partial charge in [-0.1, -0.05) is 146 Å². The Hall–Kier alpha value is -7.36. The van der Waals surface area contributed by atoms with Crippen molar-refractivity contribution in [3.63, 3.8) is 0 Å². The molecule has 270 valence electrons. The lowest BCUT2D eigenvalue weighted by molar-refractivity contribution is 0.945.